The molecule has 4 nitrogen and oxygen atoms in total. The molecule has 116 valence electrons. The van der Waals surface area contributed by atoms with Crippen LogP contribution in [0, 0.1) is 13.8 Å². The molecule has 0 aromatic heterocycles. The van der Waals surface area contributed by atoms with E-state index in [9.17, 15) is 4.79 Å². The predicted octanol–water partition coefficient (Wildman–Crippen LogP) is 4.45. The van der Waals surface area contributed by atoms with Gasteiger partial charge in [0.15, 0.2) is 0 Å². The molecule has 0 saturated carbocycles. The number of benzene rings is 2. The maximum absolute atomic E-state index is 11.4. The molecule has 2 aromatic carbocycles. The van der Waals surface area contributed by atoms with E-state index in [0.29, 0.717) is 24.7 Å². The molecule has 0 aliphatic heterocycles. The molecule has 0 saturated heterocycles. The first-order chi connectivity index (χ1) is 10.6. The lowest BCUT2D eigenvalue weighted by Gasteiger charge is -2.10. The van der Waals surface area contributed by atoms with E-state index in [2.05, 4.69) is 37.4 Å². The summed E-state index contributed by atoms with van der Waals surface area (Å²) in [5.74, 6) is 0.702. The van der Waals surface area contributed by atoms with Crippen molar-refractivity contribution in [2.24, 2.45) is 0 Å². The lowest BCUT2D eigenvalue weighted by molar-refractivity contribution is 0.168. The van der Waals surface area contributed by atoms with Gasteiger partial charge in [-0.2, -0.15) is 0 Å². The average Bonchev–Trinajstić information content (AvgIpc) is 2.45. The summed E-state index contributed by atoms with van der Waals surface area (Å²) in [6.07, 6.45) is -0.464. The van der Waals surface area contributed by atoms with Crippen molar-refractivity contribution < 1.29 is 14.3 Å². The van der Waals surface area contributed by atoms with Crippen molar-refractivity contribution in [1.82, 2.24) is 0 Å². The van der Waals surface area contributed by atoms with Crippen LogP contribution < -0.4 is 10.1 Å². The SMILES string of the molecule is CCOC(=O)Nc1cccc(OCc2cc(C)cc(C)c2)c1. The van der Waals surface area contributed by atoms with E-state index in [-0.39, 0.29) is 0 Å². The summed E-state index contributed by atoms with van der Waals surface area (Å²) < 4.78 is 10.6. The third-order valence-electron chi connectivity index (χ3n) is 3.04. The van der Waals surface area contributed by atoms with Crippen LogP contribution in [0.3, 0.4) is 0 Å². The number of ether oxygens (including phenoxy) is 2. The van der Waals surface area contributed by atoms with E-state index < -0.39 is 6.09 Å². The Morgan fingerprint density at radius 1 is 1.09 bits per heavy atom. The molecule has 1 amide bonds. The Morgan fingerprint density at radius 3 is 2.50 bits per heavy atom. The van der Waals surface area contributed by atoms with E-state index in [0.717, 1.165) is 5.56 Å². The number of hydrogen-bond donors (Lipinski definition) is 1. The Hall–Kier alpha value is -2.49. The maximum Gasteiger partial charge on any atom is 0.411 e. The molecule has 0 bridgehead atoms. The lowest BCUT2D eigenvalue weighted by Crippen LogP contribution is -2.13. The number of rotatable bonds is 5. The highest BCUT2D eigenvalue weighted by atomic mass is 16.5. The van der Waals surface area contributed by atoms with Gasteiger partial charge in [0.05, 0.1) is 6.61 Å². The minimum atomic E-state index is -0.464. The molecular weight excluding hydrogens is 278 g/mol. The predicted molar refractivity (Wildman–Crippen MR) is 87.3 cm³/mol. The van der Waals surface area contributed by atoms with Gasteiger partial charge >= 0.3 is 6.09 Å². The first-order valence-electron chi connectivity index (χ1n) is 7.30. The molecule has 2 rings (SSSR count). The second kappa shape index (κ2) is 7.50. The van der Waals surface area contributed by atoms with E-state index in [4.69, 9.17) is 9.47 Å². The lowest BCUT2D eigenvalue weighted by atomic mass is 10.1. The second-order valence-corrected chi connectivity index (χ2v) is 5.16. The molecule has 22 heavy (non-hydrogen) atoms. The second-order valence-electron chi connectivity index (χ2n) is 5.16. The minimum Gasteiger partial charge on any atom is -0.489 e. The van der Waals surface area contributed by atoms with Gasteiger partial charge in [0.25, 0.3) is 0 Å². The highest BCUT2D eigenvalue weighted by Gasteiger charge is 2.04. The van der Waals surface area contributed by atoms with Crippen molar-refractivity contribution >= 4 is 11.8 Å². The van der Waals surface area contributed by atoms with Gasteiger partial charge in [-0.3, -0.25) is 5.32 Å². The summed E-state index contributed by atoms with van der Waals surface area (Å²) >= 11 is 0. The molecule has 0 aliphatic rings. The highest BCUT2D eigenvalue weighted by molar-refractivity contribution is 5.84. The molecule has 4 heteroatoms. The third-order valence-corrected chi connectivity index (χ3v) is 3.04. The molecular formula is C18H21NO3. The quantitative estimate of drug-likeness (QED) is 0.887. The average molecular weight is 299 g/mol. The van der Waals surface area contributed by atoms with Crippen LogP contribution in [-0.4, -0.2) is 12.7 Å². The van der Waals surface area contributed by atoms with Gasteiger partial charge in [0.2, 0.25) is 0 Å². The Balaban J connectivity index is 1.99. The van der Waals surface area contributed by atoms with Crippen LogP contribution in [0.1, 0.15) is 23.6 Å². The Morgan fingerprint density at radius 2 is 1.82 bits per heavy atom. The molecule has 0 radical (unpaired) electrons. The van der Waals surface area contributed by atoms with Crippen LogP contribution in [0.2, 0.25) is 0 Å². The number of nitrogens with one attached hydrogen (secondary N) is 1. The van der Waals surface area contributed by atoms with Gasteiger partial charge in [-0.25, -0.2) is 4.79 Å². The smallest absolute Gasteiger partial charge is 0.411 e. The zero-order valence-corrected chi connectivity index (χ0v) is 13.2. The normalized spacial score (nSPS) is 10.1. The zero-order chi connectivity index (χ0) is 15.9. The fraction of sp³-hybridized carbons (Fsp3) is 0.278. The van der Waals surface area contributed by atoms with Crippen LogP contribution in [0.5, 0.6) is 5.75 Å². The Kier molecular flexibility index (Phi) is 5.42. The zero-order valence-electron chi connectivity index (χ0n) is 13.2. The van der Waals surface area contributed by atoms with Crippen molar-refractivity contribution in [3.63, 3.8) is 0 Å². The van der Waals surface area contributed by atoms with Gasteiger partial charge in [-0.05, 0) is 38.5 Å². The fourth-order valence-corrected chi connectivity index (χ4v) is 2.27. The molecule has 0 spiro atoms. The number of carbonyl (C=O) groups is 1. The van der Waals surface area contributed by atoms with Crippen molar-refractivity contribution in [1.29, 1.82) is 0 Å². The minimum absolute atomic E-state index is 0.342. The van der Waals surface area contributed by atoms with Gasteiger partial charge < -0.3 is 9.47 Å². The van der Waals surface area contributed by atoms with E-state index >= 15 is 0 Å². The molecule has 0 unspecified atom stereocenters. The molecule has 0 fully saturated rings. The maximum atomic E-state index is 11.4. The number of anilines is 1. The van der Waals surface area contributed by atoms with E-state index in [1.54, 1.807) is 19.1 Å². The van der Waals surface area contributed by atoms with Gasteiger partial charge in [-0.15, -0.1) is 0 Å². The largest absolute Gasteiger partial charge is 0.489 e. The summed E-state index contributed by atoms with van der Waals surface area (Å²) in [4.78, 5) is 11.4. The molecule has 2 aromatic rings. The van der Waals surface area contributed by atoms with Crippen LogP contribution in [0.4, 0.5) is 10.5 Å². The number of carbonyl (C=O) groups excluding carboxylic acids is 1. The Bertz CT molecular complexity index is 632. The van der Waals surface area contributed by atoms with Crippen LogP contribution in [0.25, 0.3) is 0 Å². The highest BCUT2D eigenvalue weighted by Crippen LogP contribution is 2.19. The van der Waals surface area contributed by atoms with Crippen LogP contribution >= 0.6 is 0 Å². The summed E-state index contributed by atoms with van der Waals surface area (Å²) in [5.41, 5.74) is 4.21. The van der Waals surface area contributed by atoms with Crippen molar-refractivity contribution in [3.8, 4) is 5.75 Å². The first kappa shape index (κ1) is 15.9. The number of amides is 1. The van der Waals surface area contributed by atoms with Crippen molar-refractivity contribution in [2.75, 3.05) is 11.9 Å². The van der Waals surface area contributed by atoms with Gasteiger partial charge in [-0.1, -0.05) is 35.4 Å². The molecule has 1 N–H and O–H groups in total. The summed E-state index contributed by atoms with van der Waals surface area (Å²) in [6.45, 7) is 6.74. The van der Waals surface area contributed by atoms with Gasteiger partial charge in [0, 0.05) is 11.8 Å². The summed E-state index contributed by atoms with van der Waals surface area (Å²) in [5, 5.41) is 2.66. The fourth-order valence-electron chi connectivity index (χ4n) is 2.27. The number of hydrogen-bond acceptors (Lipinski definition) is 3. The van der Waals surface area contributed by atoms with Crippen LogP contribution in [-0.2, 0) is 11.3 Å². The standard InChI is InChI=1S/C18H21NO3/c1-4-21-18(20)19-16-6-5-7-17(11-16)22-12-15-9-13(2)8-14(3)10-15/h5-11H,4,12H2,1-3H3,(H,19,20). The van der Waals surface area contributed by atoms with E-state index in [1.807, 2.05) is 12.1 Å². The van der Waals surface area contributed by atoms with Crippen molar-refractivity contribution in [3.05, 3.63) is 59.2 Å². The van der Waals surface area contributed by atoms with Crippen molar-refractivity contribution in [2.45, 2.75) is 27.4 Å². The first-order valence-corrected chi connectivity index (χ1v) is 7.30. The summed E-state index contributed by atoms with van der Waals surface area (Å²) in [7, 11) is 0. The molecule has 0 aliphatic carbocycles. The monoisotopic (exact) mass is 299 g/mol. The molecule has 0 atom stereocenters. The summed E-state index contributed by atoms with van der Waals surface area (Å²) in [6, 6.07) is 13.6. The van der Waals surface area contributed by atoms with Gasteiger partial charge in [0.1, 0.15) is 12.4 Å². The Labute approximate surface area is 131 Å². The van der Waals surface area contributed by atoms with Crippen LogP contribution in [0.15, 0.2) is 42.5 Å². The topological polar surface area (TPSA) is 47.6 Å². The molecule has 0 heterocycles. The third kappa shape index (κ3) is 4.81. The van der Waals surface area contributed by atoms with E-state index in [1.165, 1.54) is 11.1 Å². The number of aryl methyl sites for hydroxylation is 2.